The first-order valence-electron chi connectivity index (χ1n) is 7.86. The maximum Gasteiger partial charge on any atom is 0.270 e. The number of nitrogens with one attached hydrogen (secondary N) is 2. The molecule has 3 heterocycles. The van der Waals surface area contributed by atoms with Crippen molar-refractivity contribution in [2.45, 2.75) is 6.54 Å². The Hall–Kier alpha value is -3.75. The lowest BCUT2D eigenvalue weighted by Gasteiger charge is -2.05. The number of ether oxygens (including phenoxy) is 1. The Bertz CT molecular complexity index is 1060. The second kappa shape index (κ2) is 6.63. The number of H-pyrrole nitrogens is 1. The van der Waals surface area contributed by atoms with E-state index in [0.717, 1.165) is 16.8 Å². The number of rotatable bonds is 5. The second-order valence-electron chi connectivity index (χ2n) is 5.50. The van der Waals surface area contributed by atoms with E-state index in [1.165, 1.54) is 12.7 Å². The zero-order chi connectivity index (χ0) is 17.9. The maximum absolute atomic E-state index is 12.4. The molecule has 3 aromatic heterocycles. The number of fused-ring (bicyclic) bond motifs is 1. The van der Waals surface area contributed by atoms with E-state index in [2.05, 4.69) is 30.5 Å². The molecule has 0 aliphatic rings. The Kier molecular flexibility index (Phi) is 4.02. The van der Waals surface area contributed by atoms with Gasteiger partial charge in [0.25, 0.3) is 5.91 Å². The molecule has 0 aliphatic carbocycles. The third kappa shape index (κ3) is 3.09. The highest BCUT2D eigenvalue weighted by Crippen LogP contribution is 2.18. The molecule has 0 aliphatic heterocycles. The molecule has 9 nitrogen and oxygen atoms in total. The van der Waals surface area contributed by atoms with Gasteiger partial charge in [0, 0.05) is 6.07 Å². The highest BCUT2D eigenvalue weighted by Gasteiger charge is 2.10. The van der Waals surface area contributed by atoms with Crippen LogP contribution in [0.2, 0.25) is 0 Å². The van der Waals surface area contributed by atoms with Gasteiger partial charge in [-0.1, -0.05) is 6.07 Å². The molecule has 0 fully saturated rings. The second-order valence-corrected chi connectivity index (χ2v) is 5.50. The lowest BCUT2D eigenvalue weighted by atomic mass is 10.3. The molecule has 4 aromatic rings. The van der Waals surface area contributed by atoms with Gasteiger partial charge in [0.1, 0.15) is 35.7 Å². The smallest absolute Gasteiger partial charge is 0.270 e. The molecule has 4 rings (SSSR count). The van der Waals surface area contributed by atoms with E-state index in [9.17, 15) is 4.79 Å². The summed E-state index contributed by atoms with van der Waals surface area (Å²) in [6.45, 7) is 0.258. The molecule has 0 unspecified atom stereocenters. The first kappa shape index (κ1) is 15.8. The van der Waals surface area contributed by atoms with Crippen LogP contribution in [0, 0.1) is 0 Å². The Morgan fingerprint density at radius 3 is 2.85 bits per heavy atom. The molecular weight excluding hydrogens is 334 g/mol. The van der Waals surface area contributed by atoms with Gasteiger partial charge in [-0.2, -0.15) is 0 Å². The monoisotopic (exact) mass is 349 g/mol. The molecule has 0 spiro atoms. The van der Waals surface area contributed by atoms with Crippen LogP contribution in [0.3, 0.4) is 0 Å². The fourth-order valence-electron chi connectivity index (χ4n) is 2.52. The zero-order valence-corrected chi connectivity index (χ0v) is 13.9. The van der Waals surface area contributed by atoms with Gasteiger partial charge < -0.3 is 15.0 Å². The SMILES string of the molecule is COc1ccc2nc(CNC(=O)c3cccc(-n4cnnc4)n3)[nH]c2c1. The summed E-state index contributed by atoms with van der Waals surface area (Å²) in [5.41, 5.74) is 1.96. The van der Waals surface area contributed by atoms with Crippen molar-refractivity contribution in [1.29, 1.82) is 0 Å². The van der Waals surface area contributed by atoms with E-state index in [4.69, 9.17) is 4.74 Å². The molecule has 1 aromatic carbocycles. The molecule has 0 saturated heterocycles. The van der Waals surface area contributed by atoms with Gasteiger partial charge in [0.2, 0.25) is 0 Å². The fourth-order valence-corrected chi connectivity index (χ4v) is 2.52. The summed E-state index contributed by atoms with van der Waals surface area (Å²) in [6, 6.07) is 10.7. The normalized spacial score (nSPS) is 10.8. The van der Waals surface area contributed by atoms with Gasteiger partial charge in [-0.05, 0) is 24.3 Å². The standard InChI is InChI=1S/C17H15N7O2/c1-26-11-5-6-12-14(7-11)22-15(21-12)8-18-17(25)13-3-2-4-16(23-13)24-9-19-20-10-24/h2-7,9-10H,8H2,1H3,(H,18,25)(H,21,22). The maximum atomic E-state index is 12.4. The van der Waals surface area contributed by atoms with E-state index in [-0.39, 0.29) is 12.5 Å². The van der Waals surface area contributed by atoms with E-state index in [1.54, 1.807) is 29.9 Å². The molecule has 0 radical (unpaired) electrons. The predicted molar refractivity (Wildman–Crippen MR) is 93.0 cm³/mol. The van der Waals surface area contributed by atoms with Crippen LogP contribution in [-0.2, 0) is 6.54 Å². The minimum absolute atomic E-state index is 0.258. The summed E-state index contributed by atoms with van der Waals surface area (Å²) in [4.78, 5) is 24.3. The lowest BCUT2D eigenvalue weighted by Crippen LogP contribution is -2.24. The number of carbonyl (C=O) groups excluding carboxylic acids is 1. The average Bonchev–Trinajstić information content (AvgIpc) is 3.35. The van der Waals surface area contributed by atoms with E-state index < -0.39 is 0 Å². The summed E-state index contributed by atoms with van der Waals surface area (Å²) in [6.07, 6.45) is 3.04. The first-order valence-corrected chi connectivity index (χ1v) is 7.86. The summed E-state index contributed by atoms with van der Waals surface area (Å²) in [5.74, 6) is 1.67. The number of methoxy groups -OCH3 is 1. The van der Waals surface area contributed by atoms with Gasteiger partial charge >= 0.3 is 0 Å². The predicted octanol–water partition coefficient (Wildman–Crippen LogP) is 1.48. The molecule has 130 valence electrons. The molecular formula is C17H15N7O2. The van der Waals surface area contributed by atoms with Crippen molar-refractivity contribution in [3.63, 3.8) is 0 Å². The Morgan fingerprint density at radius 2 is 2.04 bits per heavy atom. The van der Waals surface area contributed by atoms with Crippen LogP contribution in [0.1, 0.15) is 16.3 Å². The Balaban J connectivity index is 1.48. The highest BCUT2D eigenvalue weighted by molar-refractivity contribution is 5.92. The van der Waals surface area contributed by atoms with E-state index >= 15 is 0 Å². The van der Waals surface area contributed by atoms with Gasteiger partial charge in [-0.25, -0.2) is 9.97 Å². The number of imidazole rings is 1. The topological polar surface area (TPSA) is 111 Å². The zero-order valence-electron chi connectivity index (χ0n) is 13.9. The van der Waals surface area contributed by atoms with Crippen molar-refractivity contribution in [3.8, 4) is 11.6 Å². The third-order valence-electron chi connectivity index (χ3n) is 3.80. The number of benzene rings is 1. The Labute approximate surface area is 148 Å². The van der Waals surface area contributed by atoms with Crippen LogP contribution in [0.25, 0.3) is 16.9 Å². The summed E-state index contributed by atoms with van der Waals surface area (Å²) >= 11 is 0. The van der Waals surface area contributed by atoms with Crippen molar-refractivity contribution < 1.29 is 9.53 Å². The van der Waals surface area contributed by atoms with Crippen molar-refractivity contribution in [3.05, 3.63) is 60.6 Å². The number of aromatic amines is 1. The van der Waals surface area contributed by atoms with Gasteiger partial charge in [0.15, 0.2) is 0 Å². The molecule has 2 N–H and O–H groups in total. The van der Waals surface area contributed by atoms with Crippen LogP contribution in [-0.4, -0.2) is 42.7 Å². The van der Waals surface area contributed by atoms with Crippen molar-refractivity contribution in [2.24, 2.45) is 0 Å². The third-order valence-corrected chi connectivity index (χ3v) is 3.80. The molecule has 1 amide bonds. The fraction of sp³-hybridized carbons (Fsp3) is 0.118. The molecule has 0 saturated carbocycles. The van der Waals surface area contributed by atoms with Crippen molar-refractivity contribution >= 4 is 16.9 Å². The highest BCUT2D eigenvalue weighted by atomic mass is 16.5. The molecule has 0 bridgehead atoms. The van der Waals surface area contributed by atoms with E-state index in [1.807, 2.05) is 18.2 Å². The van der Waals surface area contributed by atoms with Crippen LogP contribution >= 0.6 is 0 Å². The Morgan fingerprint density at radius 1 is 1.19 bits per heavy atom. The van der Waals surface area contributed by atoms with E-state index in [0.29, 0.717) is 17.3 Å². The number of carbonyl (C=O) groups is 1. The summed E-state index contributed by atoms with van der Waals surface area (Å²) in [7, 11) is 1.61. The van der Waals surface area contributed by atoms with Gasteiger partial charge in [-0.3, -0.25) is 9.36 Å². The van der Waals surface area contributed by atoms with Crippen LogP contribution < -0.4 is 10.1 Å². The molecule has 26 heavy (non-hydrogen) atoms. The minimum Gasteiger partial charge on any atom is -0.497 e. The van der Waals surface area contributed by atoms with Gasteiger partial charge in [0.05, 0.1) is 24.7 Å². The summed E-state index contributed by atoms with van der Waals surface area (Å²) in [5, 5.41) is 10.3. The first-order chi connectivity index (χ1) is 12.7. The number of hydrogen-bond acceptors (Lipinski definition) is 6. The van der Waals surface area contributed by atoms with Gasteiger partial charge in [-0.15, -0.1) is 10.2 Å². The number of hydrogen-bond donors (Lipinski definition) is 2. The average molecular weight is 349 g/mol. The van der Waals surface area contributed by atoms with Crippen molar-refractivity contribution in [2.75, 3.05) is 7.11 Å². The number of aromatic nitrogens is 6. The number of nitrogens with zero attached hydrogens (tertiary/aromatic N) is 5. The van der Waals surface area contributed by atoms with Crippen LogP contribution in [0.5, 0.6) is 5.75 Å². The largest absolute Gasteiger partial charge is 0.497 e. The number of pyridine rings is 1. The molecule has 0 atom stereocenters. The quantitative estimate of drug-likeness (QED) is 0.564. The minimum atomic E-state index is -0.294. The lowest BCUT2D eigenvalue weighted by molar-refractivity contribution is 0.0945. The van der Waals surface area contributed by atoms with Crippen molar-refractivity contribution in [1.82, 2.24) is 35.0 Å². The molecule has 9 heteroatoms. The number of amides is 1. The summed E-state index contributed by atoms with van der Waals surface area (Å²) < 4.78 is 6.82. The van der Waals surface area contributed by atoms with Crippen LogP contribution in [0.4, 0.5) is 0 Å². The van der Waals surface area contributed by atoms with Crippen LogP contribution in [0.15, 0.2) is 49.1 Å².